The first-order valence-corrected chi connectivity index (χ1v) is 10.5. The Kier molecular flexibility index (Phi) is 5.90. The molecule has 150 valence electrons. The predicted molar refractivity (Wildman–Crippen MR) is 117 cm³/mol. The molecule has 2 aromatic rings. The lowest BCUT2D eigenvalue weighted by Gasteiger charge is -2.18. The first-order chi connectivity index (χ1) is 13.7. The van der Waals surface area contributed by atoms with Gasteiger partial charge in [0.05, 0.1) is 5.56 Å². The van der Waals surface area contributed by atoms with E-state index in [9.17, 15) is 14.9 Å². The van der Waals surface area contributed by atoms with Gasteiger partial charge in [0.1, 0.15) is 16.6 Å². The molecule has 0 spiro atoms. The quantitative estimate of drug-likeness (QED) is 0.574. The van der Waals surface area contributed by atoms with Crippen molar-refractivity contribution in [3.63, 3.8) is 0 Å². The molecule has 0 saturated carbocycles. The zero-order valence-electron chi connectivity index (χ0n) is 17.0. The van der Waals surface area contributed by atoms with Gasteiger partial charge in [-0.1, -0.05) is 45.0 Å². The van der Waals surface area contributed by atoms with Crippen LogP contribution in [0.4, 0.5) is 5.00 Å². The molecule has 3 rings (SSSR count). The molecule has 6 heteroatoms. The van der Waals surface area contributed by atoms with Crippen molar-refractivity contribution < 1.29 is 9.59 Å². The third-order valence-corrected chi connectivity index (χ3v) is 6.30. The van der Waals surface area contributed by atoms with Crippen LogP contribution >= 0.6 is 11.3 Å². The molecule has 1 aromatic heterocycles. The highest BCUT2D eigenvalue weighted by atomic mass is 32.1. The summed E-state index contributed by atoms with van der Waals surface area (Å²) in [5.74, 6) is -1.08. The smallest absolute Gasteiger partial charge is 0.266 e. The summed E-state index contributed by atoms with van der Waals surface area (Å²) in [5.41, 5.74) is 8.87. The maximum absolute atomic E-state index is 12.7. The summed E-state index contributed by atoms with van der Waals surface area (Å²) in [6.07, 6.45) is 5.30. The highest BCUT2D eigenvalue weighted by Crippen LogP contribution is 2.38. The van der Waals surface area contributed by atoms with E-state index in [1.54, 1.807) is 6.08 Å². The van der Waals surface area contributed by atoms with Crippen LogP contribution in [-0.2, 0) is 23.1 Å². The average Bonchev–Trinajstić information content (AvgIpc) is 3.03. The number of nitriles is 1. The van der Waals surface area contributed by atoms with E-state index in [1.807, 2.05) is 30.3 Å². The normalized spacial score (nSPS) is 14.1. The number of thiophene rings is 1. The molecule has 1 aliphatic carbocycles. The largest absolute Gasteiger partial charge is 0.365 e. The lowest BCUT2D eigenvalue weighted by atomic mass is 9.86. The van der Waals surface area contributed by atoms with E-state index in [0.29, 0.717) is 10.6 Å². The van der Waals surface area contributed by atoms with Gasteiger partial charge in [0.15, 0.2) is 0 Å². The van der Waals surface area contributed by atoms with E-state index in [4.69, 9.17) is 5.73 Å². The van der Waals surface area contributed by atoms with Crippen LogP contribution in [0.3, 0.4) is 0 Å². The number of hydrogen-bond acceptors (Lipinski definition) is 4. The molecule has 29 heavy (non-hydrogen) atoms. The number of aryl methyl sites for hydroxylation is 1. The van der Waals surface area contributed by atoms with Gasteiger partial charge < -0.3 is 11.1 Å². The molecular formula is C23H25N3O2S. The van der Waals surface area contributed by atoms with Crippen molar-refractivity contribution in [3.05, 3.63) is 57.0 Å². The molecule has 0 aliphatic heterocycles. The molecule has 1 aromatic carbocycles. The Morgan fingerprint density at radius 2 is 1.83 bits per heavy atom. The number of hydrogen-bond donors (Lipinski definition) is 2. The summed E-state index contributed by atoms with van der Waals surface area (Å²) in [7, 11) is 0. The van der Waals surface area contributed by atoms with Gasteiger partial charge in [-0.2, -0.15) is 5.26 Å². The van der Waals surface area contributed by atoms with E-state index < -0.39 is 11.8 Å². The third-order valence-electron chi connectivity index (χ3n) is 5.10. The number of carbonyl (C=O) groups is 2. The number of primary amides is 1. The van der Waals surface area contributed by atoms with E-state index in [0.717, 1.165) is 41.7 Å². The molecule has 2 amide bonds. The standard InChI is InChI=1S/C23H25N3O2S/c1-23(2,3)16-10-8-14(9-11-16)12-15(13-24)21(28)26-22-19(20(25)27)17-6-4-5-7-18(17)29-22/h8-12H,4-7H2,1-3H3,(H2,25,27)(H,26,28)/b15-12-. The van der Waals surface area contributed by atoms with E-state index in [2.05, 4.69) is 26.1 Å². The Hall–Kier alpha value is -2.91. The highest BCUT2D eigenvalue weighted by Gasteiger charge is 2.25. The van der Waals surface area contributed by atoms with E-state index in [1.165, 1.54) is 16.9 Å². The molecule has 1 heterocycles. The number of amides is 2. The topological polar surface area (TPSA) is 96.0 Å². The van der Waals surface area contributed by atoms with Gasteiger partial charge in [-0.3, -0.25) is 9.59 Å². The van der Waals surface area contributed by atoms with Gasteiger partial charge in [-0.25, -0.2) is 0 Å². The zero-order chi connectivity index (χ0) is 21.2. The van der Waals surface area contributed by atoms with Crippen molar-refractivity contribution in [3.8, 4) is 6.07 Å². The van der Waals surface area contributed by atoms with Crippen molar-refractivity contribution in [2.75, 3.05) is 5.32 Å². The highest BCUT2D eigenvalue weighted by molar-refractivity contribution is 7.17. The van der Waals surface area contributed by atoms with Crippen LogP contribution in [-0.4, -0.2) is 11.8 Å². The number of nitrogens with one attached hydrogen (secondary N) is 1. The van der Waals surface area contributed by atoms with Crippen molar-refractivity contribution in [1.82, 2.24) is 0 Å². The fourth-order valence-electron chi connectivity index (χ4n) is 3.48. The number of rotatable bonds is 4. The van der Waals surface area contributed by atoms with Crippen LogP contribution < -0.4 is 11.1 Å². The molecular weight excluding hydrogens is 382 g/mol. The van der Waals surface area contributed by atoms with Crippen LogP contribution in [0.15, 0.2) is 29.8 Å². The summed E-state index contributed by atoms with van der Waals surface area (Å²) < 4.78 is 0. The average molecular weight is 408 g/mol. The van der Waals surface area contributed by atoms with Gasteiger partial charge >= 0.3 is 0 Å². The molecule has 0 fully saturated rings. The summed E-state index contributed by atoms with van der Waals surface area (Å²) in [5, 5.41) is 12.7. The second kappa shape index (κ2) is 8.22. The first-order valence-electron chi connectivity index (χ1n) is 9.68. The molecule has 1 aliphatic rings. The van der Waals surface area contributed by atoms with Crippen LogP contribution in [0.25, 0.3) is 6.08 Å². The van der Waals surface area contributed by atoms with Crippen molar-refractivity contribution in [2.24, 2.45) is 5.73 Å². The van der Waals surface area contributed by atoms with E-state index in [-0.39, 0.29) is 11.0 Å². The Morgan fingerprint density at radius 3 is 2.41 bits per heavy atom. The molecule has 5 nitrogen and oxygen atoms in total. The van der Waals surface area contributed by atoms with Crippen LogP contribution in [0.5, 0.6) is 0 Å². The van der Waals surface area contributed by atoms with Crippen molar-refractivity contribution >= 4 is 34.2 Å². The van der Waals surface area contributed by atoms with Crippen LogP contribution in [0.2, 0.25) is 0 Å². The fourth-order valence-corrected chi connectivity index (χ4v) is 4.77. The summed E-state index contributed by atoms with van der Waals surface area (Å²) in [6.45, 7) is 6.38. The van der Waals surface area contributed by atoms with Crippen molar-refractivity contribution in [2.45, 2.75) is 51.9 Å². The van der Waals surface area contributed by atoms with Crippen LogP contribution in [0.1, 0.15) is 65.5 Å². The predicted octanol–water partition coefficient (Wildman–Crippen LogP) is 4.57. The lowest BCUT2D eigenvalue weighted by Crippen LogP contribution is -2.19. The summed E-state index contributed by atoms with van der Waals surface area (Å²) >= 11 is 1.39. The number of fused-ring (bicyclic) bond motifs is 1. The maximum Gasteiger partial charge on any atom is 0.266 e. The second-order valence-corrected chi connectivity index (χ2v) is 9.38. The van der Waals surface area contributed by atoms with Gasteiger partial charge in [0, 0.05) is 4.88 Å². The van der Waals surface area contributed by atoms with E-state index >= 15 is 0 Å². The molecule has 0 bridgehead atoms. The molecule has 3 N–H and O–H groups in total. The maximum atomic E-state index is 12.7. The molecule has 0 atom stereocenters. The summed E-state index contributed by atoms with van der Waals surface area (Å²) in [4.78, 5) is 25.8. The van der Waals surface area contributed by atoms with Gasteiger partial charge in [-0.05, 0) is 53.9 Å². The minimum Gasteiger partial charge on any atom is -0.365 e. The van der Waals surface area contributed by atoms with Crippen molar-refractivity contribution in [1.29, 1.82) is 5.26 Å². The number of carbonyl (C=O) groups excluding carboxylic acids is 2. The number of nitrogens with zero attached hydrogens (tertiary/aromatic N) is 1. The Labute approximate surface area is 175 Å². The second-order valence-electron chi connectivity index (χ2n) is 8.28. The minimum absolute atomic E-state index is 0.0182. The van der Waals surface area contributed by atoms with Gasteiger partial charge in [0.25, 0.3) is 11.8 Å². The Balaban J connectivity index is 1.86. The Bertz CT molecular complexity index is 1020. The molecule has 0 saturated heterocycles. The zero-order valence-corrected chi connectivity index (χ0v) is 17.8. The van der Waals surface area contributed by atoms with Gasteiger partial charge in [0.2, 0.25) is 0 Å². The van der Waals surface area contributed by atoms with Crippen LogP contribution in [0, 0.1) is 11.3 Å². The number of nitrogens with two attached hydrogens (primary N) is 1. The lowest BCUT2D eigenvalue weighted by molar-refractivity contribution is -0.112. The molecule has 0 unspecified atom stereocenters. The monoisotopic (exact) mass is 407 g/mol. The Morgan fingerprint density at radius 1 is 1.17 bits per heavy atom. The SMILES string of the molecule is CC(C)(C)c1ccc(/C=C(/C#N)C(=O)Nc2sc3c(c2C(N)=O)CCCC3)cc1. The molecule has 0 radical (unpaired) electrons. The number of anilines is 1. The van der Waals surface area contributed by atoms with Gasteiger partial charge in [-0.15, -0.1) is 11.3 Å². The fraction of sp³-hybridized carbons (Fsp3) is 0.348. The minimum atomic E-state index is -0.542. The number of benzene rings is 1. The third kappa shape index (κ3) is 4.57. The first kappa shape index (κ1) is 20.8. The summed E-state index contributed by atoms with van der Waals surface area (Å²) in [6, 6.07) is 9.74.